The Bertz CT molecular complexity index is 3420. The molecule has 0 amide bonds. The summed E-state index contributed by atoms with van der Waals surface area (Å²) >= 11 is 1.87. The summed E-state index contributed by atoms with van der Waals surface area (Å²) in [6.45, 7) is 0. The van der Waals surface area contributed by atoms with Gasteiger partial charge in [-0.2, -0.15) is 0 Å². The van der Waals surface area contributed by atoms with Crippen molar-refractivity contribution in [3.05, 3.63) is 168 Å². The van der Waals surface area contributed by atoms with Gasteiger partial charge in [-0.3, -0.25) is 4.57 Å². The molecule has 4 heterocycles. The van der Waals surface area contributed by atoms with Gasteiger partial charge in [0, 0.05) is 37.2 Å². The van der Waals surface area contributed by atoms with Gasteiger partial charge in [-0.05, 0) is 62.6 Å². The molecule has 0 bridgehead atoms. The Kier molecular flexibility index (Phi) is 5.41. The summed E-state index contributed by atoms with van der Waals surface area (Å²) in [7, 11) is 0. The van der Waals surface area contributed by atoms with E-state index in [0.717, 1.165) is 38.5 Å². The van der Waals surface area contributed by atoms with Crippen molar-refractivity contribution in [1.82, 2.24) is 9.88 Å². The fourth-order valence-electron chi connectivity index (χ4n) is 8.60. The zero-order chi connectivity index (χ0) is 33.2. The topological polar surface area (TPSA) is 42.5 Å². The molecule has 5 heteroatoms. The van der Waals surface area contributed by atoms with Crippen LogP contribution in [0.3, 0.4) is 0 Å². The predicted octanol–water partition coefficient (Wildman–Crippen LogP) is 10.9. The number of hydrogen-bond donors (Lipinski definition) is 1. The van der Waals surface area contributed by atoms with E-state index in [1.807, 2.05) is 23.5 Å². The Balaban J connectivity index is 1.20. The highest BCUT2D eigenvalue weighted by Gasteiger charge is 2.28. The molecule has 1 aliphatic heterocycles. The first kappa shape index (κ1) is 27.4. The van der Waals surface area contributed by atoms with Crippen molar-refractivity contribution in [3.63, 3.8) is 0 Å². The van der Waals surface area contributed by atoms with Gasteiger partial charge in [-0.1, -0.05) is 121 Å². The Morgan fingerprint density at radius 1 is 0.569 bits per heavy atom. The van der Waals surface area contributed by atoms with Gasteiger partial charge in [-0.25, -0.2) is 4.99 Å². The minimum atomic E-state index is -0.433. The number of rotatable bonds is 2. The lowest BCUT2D eigenvalue weighted by Gasteiger charge is -2.24. The van der Waals surface area contributed by atoms with Crippen molar-refractivity contribution in [1.29, 1.82) is 0 Å². The van der Waals surface area contributed by atoms with Gasteiger partial charge < -0.3 is 9.73 Å². The largest absolute Gasteiger partial charge is 0.452 e. The van der Waals surface area contributed by atoms with Crippen LogP contribution in [0.15, 0.2) is 161 Å². The molecule has 0 radical (unpaired) electrons. The van der Waals surface area contributed by atoms with E-state index in [0.29, 0.717) is 0 Å². The third-order valence-electron chi connectivity index (χ3n) is 10.8. The van der Waals surface area contributed by atoms with E-state index >= 15 is 0 Å². The maximum Gasteiger partial charge on any atom is 0.201 e. The van der Waals surface area contributed by atoms with Crippen LogP contribution in [0.5, 0.6) is 0 Å². The predicted molar refractivity (Wildman–Crippen MR) is 213 cm³/mol. The maximum atomic E-state index is 6.65. The fourth-order valence-corrected chi connectivity index (χ4v) is 9.86. The van der Waals surface area contributed by atoms with Crippen molar-refractivity contribution in [2.45, 2.75) is 6.29 Å². The van der Waals surface area contributed by atoms with Gasteiger partial charge in [0.2, 0.25) is 6.29 Å². The highest BCUT2D eigenvalue weighted by molar-refractivity contribution is 7.27. The third-order valence-corrected chi connectivity index (χ3v) is 12.0. The molecule has 0 saturated heterocycles. The van der Waals surface area contributed by atoms with E-state index in [2.05, 4.69) is 149 Å². The van der Waals surface area contributed by atoms with E-state index in [1.165, 1.54) is 68.8 Å². The van der Waals surface area contributed by atoms with E-state index in [9.17, 15) is 0 Å². The summed E-state index contributed by atoms with van der Waals surface area (Å²) in [6.07, 6.45) is -0.433. The lowest BCUT2D eigenvalue weighted by atomic mass is 9.99. The number of nitrogens with one attached hydrogen (secondary N) is 1. The number of fused-ring (bicyclic) bond motifs is 16. The molecule has 3 aromatic heterocycles. The molecule has 0 aliphatic carbocycles. The Morgan fingerprint density at radius 2 is 1.24 bits per heavy atom. The highest BCUT2D eigenvalue weighted by Crippen LogP contribution is 2.48. The monoisotopic (exact) mass is 669 g/mol. The van der Waals surface area contributed by atoms with Gasteiger partial charge in [0.15, 0.2) is 5.42 Å². The quantitative estimate of drug-likeness (QED) is 0.186. The van der Waals surface area contributed by atoms with Gasteiger partial charge >= 0.3 is 0 Å². The number of hydrogen-bond acceptors (Lipinski definition) is 4. The van der Waals surface area contributed by atoms with E-state index < -0.39 is 6.29 Å². The molecule has 0 fully saturated rings. The second-order valence-corrected chi connectivity index (χ2v) is 14.5. The standard InChI is InChI=1S/C46H27N3OS/c1-2-12-29-26(11-1)21-22-27-25-28(23-24-30(27)29)41-44-42(34-16-6-9-19-37(34)50-44)48-46(47-41)49-36-18-8-5-15-33(36)39-31-13-3-4-14-32(31)40-35-17-7-10-20-38(35)51-45(40)43(39)49/h1-25,46-47H. The molecule has 8 aromatic carbocycles. The zero-order valence-electron chi connectivity index (χ0n) is 27.2. The molecule has 0 spiro atoms. The van der Waals surface area contributed by atoms with Crippen molar-refractivity contribution in [3.8, 4) is 0 Å². The Labute approximate surface area is 294 Å². The van der Waals surface area contributed by atoms with Crippen LogP contribution in [0, 0.1) is 0 Å². The molecule has 11 aromatic rings. The molecule has 1 N–H and O–H groups in total. The molecular weight excluding hydrogens is 643 g/mol. The lowest BCUT2D eigenvalue weighted by molar-refractivity contribution is 0.467. The molecular formula is C46H27N3OS. The maximum absolute atomic E-state index is 6.65. The number of benzene rings is 8. The lowest BCUT2D eigenvalue weighted by Crippen LogP contribution is -2.40. The number of furan rings is 1. The highest BCUT2D eigenvalue weighted by atomic mass is 32.1. The molecule has 1 unspecified atom stereocenters. The van der Waals surface area contributed by atoms with Crippen LogP contribution in [0.2, 0.25) is 0 Å². The molecule has 51 heavy (non-hydrogen) atoms. The summed E-state index contributed by atoms with van der Waals surface area (Å²) < 4.78 is 11.7. The number of thiophene rings is 1. The Hall–Kier alpha value is -6.43. The Morgan fingerprint density at radius 3 is 2.12 bits per heavy atom. The van der Waals surface area contributed by atoms with Crippen molar-refractivity contribution in [2.75, 3.05) is 0 Å². The first-order valence-corrected chi connectivity index (χ1v) is 18.1. The third kappa shape index (κ3) is 3.70. The molecule has 0 saturated carbocycles. The molecule has 12 rings (SSSR count). The average Bonchev–Trinajstić information content (AvgIpc) is 3.87. The zero-order valence-corrected chi connectivity index (χ0v) is 28.0. The second-order valence-electron chi connectivity index (χ2n) is 13.5. The second kappa shape index (κ2) is 10.1. The molecule has 4 nitrogen and oxygen atoms in total. The van der Waals surface area contributed by atoms with Crippen LogP contribution in [-0.2, 0) is 0 Å². The summed E-state index contributed by atoms with van der Waals surface area (Å²) in [6, 6.07) is 54.5. The number of nitrogens with zero attached hydrogens (tertiary/aromatic N) is 2. The fraction of sp³-hybridized carbons (Fsp3) is 0.0217. The van der Waals surface area contributed by atoms with Crippen LogP contribution in [0.4, 0.5) is 0 Å². The van der Waals surface area contributed by atoms with Crippen LogP contribution >= 0.6 is 11.3 Å². The number of aromatic nitrogens is 1. The first-order chi connectivity index (χ1) is 25.3. The van der Waals surface area contributed by atoms with Gasteiger partial charge in [0.1, 0.15) is 10.9 Å². The summed E-state index contributed by atoms with van der Waals surface area (Å²) in [5, 5.41) is 18.4. The van der Waals surface area contributed by atoms with Gasteiger partial charge in [0.05, 0.1) is 21.4 Å². The first-order valence-electron chi connectivity index (χ1n) is 17.3. The number of para-hydroxylation sites is 2. The van der Waals surface area contributed by atoms with E-state index in [1.54, 1.807) is 0 Å². The summed E-state index contributed by atoms with van der Waals surface area (Å²) in [5.74, 6) is 0. The summed E-state index contributed by atoms with van der Waals surface area (Å²) in [4.78, 5) is 5.54. The molecule has 1 aliphatic rings. The molecule has 238 valence electrons. The van der Waals surface area contributed by atoms with Gasteiger partial charge in [0.25, 0.3) is 0 Å². The summed E-state index contributed by atoms with van der Waals surface area (Å²) in [5.41, 5.74) is 5.95. The van der Waals surface area contributed by atoms with Crippen LogP contribution in [0.1, 0.15) is 11.9 Å². The molecule has 1 atom stereocenters. The minimum Gasteiger partial charge on any atom is -0.452 e. The average molecular weight is 670 g/mol. The van der Waals surface area contributed by atoms with E-state index in [4.69, 9.17) is 9.41 Å². The van der Waals surface area contributed by atoms with Crippen molar-refractivity contribution >= 4 is 102 Å². The van der Waals surface area contributed by atoms with Crippen LogP contribution < -0.4 is 16.1 Å². The van der Waals surface area contributed by atoms with Crippen molar-refractivity contribution in [2.24, 2.45) is 4.99 Å². The normalized spacial score (nSPS) is 14.7. The van der Waals surface area contributed by atoms with Gasteiger partial charge in [-0.15, -0.1) is 11.3 Å². The van der Waals surface area contributed by atoms with Crippen LogP contribution in [-0.4, -0.2) is 4.57 Å². The van der Waals surface area contributed by atoms with Crippen LogP contribution in [0.25, 0.3) is 91.0 Å². The SMILES string of the molecule is c1ccc2c(c1)ccc1cc(C3=c4oc5ccccc5c4=NC(n4c5ccccc5c5c6ccccc6c6c7ccccc7sc6c54)N3)ccc12. The minimum absolute atomic E-state index is 0.433. The smallest absolute Gasteiger partial charge is 0.201 e. The van der Waals surface area contributed by atoms with Crippen molar-refractivity contribution < 1.29 is 4.42 Å². The van der Waals surface area contributed by atoms with E-state index in [-0.39, 0.29) is 0 Å².